The zero-order valence-corrected chi connectivity index (χ0v) is 13.2. The summed E-state index contributed by atoms with van der Waals surface area (Å²) >= 11 is 0. The average Bonchev–Trinajstić information content (AvgIpc) is 2.48. The zero-order valence-electron chi connectivity index (χ0n) is 13.2. The fraction of sp³-hybridized carbons (Fsp3) is 0.263. The highest BCUT2D eigenvalue weighted by molar-refractivity contribution is 6.12. The Kier molecular flexibility index (Phi) is 5.10. The van der Waals surface area contributed by atoms with Gasteiger partial charge in [-0.2, -0.15) is 0 Å². The molecule has 0 heterocycles. The van der Waals surface area contributed by atoms with E-state index in [9.17, 15) is 4.79 Å². The van der Waals surface area contributed by atoms with Gasteiger partial charge in [0.05, 0.1) is 12.3 Å². The summed E-state index contributed by atoms with van der Waals surface area (Å²) in [6.07, 6.45) is 0. The minimum absolute atomic E-state index is 0.291. The van der Waals surface area contributed by atoms with Gasteiger partial charge in [0.25, 0.3) is 0 Å². The summed E-state index contributed by atoms with van der Waals surface area (Å²) < 4.78 is 5.31. The fourth-order valence-corrected chi connectivity index (χ4v) is 2.23. The number of hydrogen-bond donors (Lipinski definition) is 0. The second kappa shape index (κ2) is 7.03. The maximum Gasteiger partial charge on any atom is 0.303 e. The molecule has 0 saturated carbocycles. The molecule has 2 rings (SSSR count). The highest BCUT2D eigenvalue weighted by Gasteiger charge is 2.21. The molecule has 0 aliphatic heterocycles. The minimum atomic E-state index is -0.624. The van der Waals surface area contributed by atoms with Gasteiger partial charge in [0.15, 0.2) is 0 Å². The maximum atomic E-state index is 11.2. The number of carbonyl (C=O) groups excluding carboxylic acids is 1. The van der Waals surface area contributed by atoms with Gasteiger partial charge in [-0.15, -0.1) is 0 Å². The zero-order chi connectivity index (χ0) is 16.0. The molecule has 0 amide bonds. The lowest BCUT2D eigenvalue weighted by molar-refractivity contribution is -0.152. The van der Waals surface area contributed by atoms with E-state index in [1.807, 2.05) is 74.5 Å². The summed E-state index contributed by atoms with van der Waals surface area (Å²) in [6.45, 7) is 5.56. The van der Waals surface area contributed by atoms with Crippen LogP contribution in [0.4, 0.5) is 0 Å². The maximum absolute atomic E-state index is 11.2. The van der Waals surface area contributed by atoms with Crippen LogP contribution in [0.5, 0.6) is 0 Å². The number of hydrogen-bond acceptors (Lipinski definition) is 3. The number of esters is 1. The first-order valence-electron chi connectivity index (χ1n) is 7.33. The highest BCUT2D eigenvalue weighted by atomic mass is 16.6. The van der Waals surface area contributed by atoms with Crippen LogP contribution in [0.25, 0.3) is 0 Å². The van der Waals surface area contributed by atoms with Crippen molar-refractivity contribution in [3.05, 3.63) is 71.8 Å². The standard InChI is InChI=1S/C19H21NO2/c1-15(21)22-19(2,3)14-20-18(16-10-6-4-7-11-16)17-12-8-5-9-13-17/h4-13H,14H2,1-3H3. The van der Waals surface area contributed by atoms with Gasteiger partial charge < -0.3 is 4.74 Å². The van der Waals surface area contributed by atoms with Crippen molar-refractivity contribution in [2.24, 2.45) is 4.99 Å². The molecule has 0 aliphatic rings. The SMILES string of the molecule is CC(=O)OC(C)(C)CN=C(c1ccccc1)c1ccccc1. The lowest BCUT2D eigenvalue weighted by Gasteiger charge is -2.22. The van der Waals surface area contributed by atoms with Gasteiger partial charge in [-0.25, -0.2) is 0 Å². The quantitative estimate of drug-likeness (QED) is 0.620. The summed E-state index contributed by atoms with van der Waals surface area (Å²) in [5, 5.41) is 0. The molecular formula is C19H21NO2. The van der Waals surface area contributed by atoms with Crippen molar-refractivity contribution >= 4 is 11.7 Å². The average molecular weight is 295 g/mol. The number of carbonyl (C=O) groups is 1. The Bertz CT molecular complexity index is 604. The Balaban J connectivity index is 2.33. The van der Waals surface area contributed by atoms with Gasteiger partial charge in [0.1, 0.15) is 5.60 Å². The predicted molar refractivity (Wildman–Crippen MR) is 89.2 cm³/mol. The predicted octanol–water partition coefficient (Wildman–Crippen LogP) is 3.87. The molecule has 0 spiro atoms. The van der Waals surface area contributed by atoms with E-state index >= 15 is 0 Å². The summed E-state index contributed by atoms with van der Waals surface area (Å²) in [7, 11) is 0. The van der Waals surface area contributed by atoms with Crippen LogP contribution < -0.4 is 0 Å². The lowest BCUT2D eigenvalue weighted by atomic mass is 10.0. The number of benzene rings is 2. The van der Waals surface area contributed by atoms with Crippen LogP contribution in [0.3, 0.4) is 0 Å². The summed E-state index contributed by atoms with van der Waals surface area (Å²) in [5.41, 5.74) is 2.38. The van der Waals surface area contributed by atoms with Crippen LogP contribution in [0, 0.1) is 0 Å². The van der Waals surface area contributed by atoms with Crippen LogP contribution in [-0.4, -0.2) is 23.8 Å². The molecule has 0 aromatic heterocycles. The van der Waals surface area contributed by atoms with Crippen LogP contribution in [-0.2, 0) is 9.53 Å². The Morgan fingerprint density at radius 3 is 1.82 bits per heavy atom. The molecule has 0 fully saturated rings. The monoisotopic (exact) mass is 295 g/mol. The third kappa shape index (κ3) is 4.55. The Labute approximate surface area is 131 Å². The topological polar surface area (TPSA) is 38.7 Å². The Morgan fingerprint density at radius 2 is 1.41 bits per heavy atom. The lowest BCUT2D eigenvalue weighted by Crippen LogP contribution is -2.31. The van der Waals surface area contributed by atoms with E-state index in [1.54, 1.807) is 0 Å². The van der Waals surface area contributed by atoms with Crippen molar-refractivity contribution in [1.82, 2.24) is 0 Å². The first kappa shape index (κ1) is 16.0. The molecule has 114 valence electrons. The molecule has 0 saturated heterocycles. The van der Waals surface area contributed by atoms with Gasteiger partial charge in [-0.1, -0.05) is 60.7 Å². The van der Waals surface area contributed by atoms with Crippen molar-refractivity contribution in [3.8, 4) is 0 Å². The smallest absolute Gasteiger partial charge is 0.303 e. The van der Waals surface area contributed by atoms with Crippen LogP contribution in [0.15, 0.2) is 65.7 Å². The molecule has 0 N–H and O–H groups in total. The second-order valence-corrected chi connectivity index (χ2v) is 5.75. The third-order valence-electron chi connectivity index (χ3n) is 3.13. The van der Waals surface area contributed by atoms with Gasteiger partial charge in [-0.3, -0.25) is 9.79 Å². The van der Waals surface area contributed by atoms with Gasteiger partial charge >= 0.3 is 5.97 Å². The van der Waals surface area contributed by atoms with Crippen LogP contribution >= 0.6 is 0 Å². The summed E-state index contributed by atoms with van der Waals surface area (Å²) in [6, 6.07) is 20.1. The molecule has 2 aromatic rings. The normalized spacial score (nSPS) is 10.9. The molecule has 3 nitrogen and oxygen atoms in total. The minimum Gasteiger partial charge on any atom is -0.458 e. The van der Waals surface area contributed by atoms with E-state index in [-0.39, 0.29) is 5.97 Å². The third-order valence-corrected chi connectivity index (χ3v) is 3.13. The number of rotatable bonds is 5. The Morgan fingerprint density at radius 1 is 0.955 bits per heavy atom. The molecule has 0 atom stereocenters. The van der Waals surface area contributed by atoms with Crippen molar-refractivity contribution in [2.75, 3.05) is 6.54 Å². The van der Waals surface area contributed by atoms with Crippen molar-refractivity contribution in [2.45, 2.75) is 26.4 Å². The molecule has 0 unspecified atom stereocenters. The largest absolute Gasteiger partial charge is 0.458 e. The molecule has 3 heteroatoms. The van der Waals surface area contributed by atoms with Crippen molar-refractivity contribution < 1.29 is 9.53 Å². The number of aliphatic imine (C=N–C) groups is 1. The second-order valence-electron chi connectivity index (χ2n) is 5.75. The number of ether oxygens (including phenoxy) is 1. The van der Waals surface area contributed by atoms with E-state index in [2.05, 4.69) is 0 Å². The van der Waals surface area contributed by atoms with E-state index in [0.717, 1.165) is 16.8 Å². The molecule has 0 aliphatic carbocycles. The molecular weight excluding hydrogens is 274 g/mol. The van der Waals surface area contributed by atoms with Crippen molar-refractivity contribution in [1.29, 1.82) is 0 Å². The molecule has 22 heavy (non-hydrogen) atoms. The Hall–Kier alpha value is -2.42. The van der Waals surface area contributed by atoms with Gasteiger partial charge in [0, 0.05) is 18.1 Å². The highest BCUT2D eigenvalue weighted by Crippen LogP contribution is 2.15. The molecule has 0 radical (unpaired) electrons. The van der Waals surface area contributed by atoms with E-state index in [0.29, 0.717) is 6.54 Å². The molecule has 2 aromatic carbocycles. The van der Waals surface area contributed by atoms with Crippen LogP contribution in [0.1, 0.15) is 31.9 Å². The van der Waals surface area contributed by atoms with Gasteiger partial charge in [0.2, 0.25) is 0 Å². The van der Waals surface area contributed by atoms with E-state index in [4.69, 9.17) is 9.73 Å². The number of nitrogens with zero attached hydrogens (tertiary/aromatic N) is 1. The van der Waals surface area contributed by atoms with E-state index < -0.39 is 5.60 Å². The fourth-order valence-electron chi connectivity index (χ4n) is 2.23. The van der Waals surface area contributed by atoms with E-state index in [1.165, 1.54) is 6.92 Å². The van der Waals surface area contributed by atoms with Gasteiger partial charge in [-0.05, 0) is 13.8 Å². The first-order chi connectivity index (χ1) is 10.5. The first-order valence-corrected chi connectivity index (χ1v) is 7.33. The summed E-state index contributed by atoms with van der Waals surface area (Å²) in [5.74, 6) is -0.291. The molecule has 0 bridgehead atoms. The van der Waals surface area contributed by atoms with Crippen molar-refractivity contribution in [3.63, 3.8) is 0 Å². The summed E-state index contributed by atoms with van der Waals surface area (Å²) in [4.78, 5) is 15.9. The van der Waals surface area contributed by atoms with Crippen LogP contribution in [0.2, 0.25) is 0 Å².